The molecule has 4 rings (SSSR count). The Morgan fingerprint density at radius 2 is 1.79 bits per heavy atom. The Morgan fingerprint density at radius 1 is 1.04 bits per heavy atom. The first kappa shape index (κ1) is 18.0. The van der Waals surface area contributed by atoms with E-state index in [4.69, 9.17) is 9.15 Å². The molecule has 0 fully saturated rings. The molecule has 6 heteroatoms. The van der Waals surface area contributed by atoms with E-state index in [0.29, 0.717) is 6.42 Å². The topological polar surface area (TPSA) is 59.8 Å². The fraction of sp³-hybridized carbons (Fsp3) is 0.182. The number of carbonyl (C=O) groups excluding carboxylic acids is 2. The second kappa shape index (κ2) is 7.68. The molecule has 142 valence electrons. The molecule has 0 bridgehead atoms. The average Bonchev–Trinajstić information content (AvgIpc) is 3.26. The maximum atomic E-state index is 13.8. The third-order valence-electron chi connectivity index (χ3n) is 4.84. The lowest BCUT2D eigenvalue weighted by atomic mass is 9.93. The second-order valence-electron chi connectivity index (χ2n) is 6.60. The summed E-state index contributed by atoms with van der Waals surface area (Å²) in [7, 11) is 0. The normalized spacial score (nSPS) is 15.8. The molecule has 0 aliphatic carbocycles. The lowest BCUT2D eigenvalue weighted by Gasteiger charge is -2.34. The van der Waals surface area contributed by atoms with E-state index in [2.05, 4.69) is 0 Å². The molecule has 0 radical (unpaired) electrons. The number of carbonyl (C=O) groups is 2. The van der Waals surface area contributed by atoms with E-state index < -0.39 is 17.8 Å². The van der Waals surface area contributed by atoms with Crippen LogP contribution in [0.25, 0.3) is 0 Å². The lowest BCUT2D eigenvalue weighted by molar-refractivity contribution is -0.151. The van der Waals surface area contributed by atoms with Crippen molar-refractivity contribution >= 4 is 11.9 Å². The summed E-state index contributed by atoms with van der Waals surface area (Å²) in [6, 6.07) is 16.1. The number of benzene rings is 2. The first-order chi connectivity index (χ1) is 13.6. The average molecular weight is 379 g/mol. The zero-order chi connectivity index (χ0) is 19.5. The predicted molar refractivity (Wildman–Crippen MR) is 98.7 cm³/mol. The van der Waals surface area contributed by atoms with Gasteiger partial charge in [0.05, 0.1) is 6.26 Å². The highest BCUT2D eigenvalue weighted by Gasteiger charge is 2.37. The molecule has 0 N–H and O–H groups in total. The maximum absolute atomic E-state index is 13.8. The number of amides is 1. The van der Waals surface area contributed by atoms with Gasteiger partial charge in [0.1, 0.15) is 18.5 Å². The zero-order valence-electron chi connectivity index (χ0n) is 15.0. The largest absolute Gasteiger partial charge is 0.459 e. The second-order valence-corrected chi connectivity index (χ2v) is 6.60. The number of esters is 1. The predicted octanol–water partition coefficient (Wildman–Crippen LogP) is 3.73. The summed E-state index contributed by atoms with van der Waals surface area (Å²) in [5, 5.41) is 0. The first-order valence-corrected chi connectivity index (χ1v) is 8.95. The Balaban J connectivity index is 1.57. The van der Waals surface area contributed by atoms with Crippen LogP contribution in [0.5, 0.6) is 0 Å². The number of hydrogen-bond donors (Lipinski definition) is 0. The number of ether oxygens (including phenoxy) is 1. The molecule has 0 saturated carbocycles. The van der Waals surface area contributed by atoms with Gasteiger partial charge >= 0.3 is 5.97 Å². The quantitative estimate of drug-likeness (QED) is 0.648. The molecule has 0 spiro atoms. The minimum Gasteiger partial charge on any atom is -0.459 e. The van der Waals surface area contributed by atoms with Crippen molar-refractivity contribution in [3.8, 4) is 0 Å². The van der Waals surface area contributed by atoms with E-state index >= 15 is 0 Å². The molecule has 0 unspecified atom stereocenters. The van der Waals surface area contributed by atoms with Gasteiger partial charge in [-0.25, -0.2) is 9.18 Å². The van der Waals surface area contributed by atoms with Crippen LogP contribution < -0.4 is 0 Å². The molecule has 3 aromatic rings. The van der Waals surface area contributed by atoms with Crippen LogP contribution in [0.15, 0.2) is 71.3 Å². The molecule has 1 aliphatic rings. The number of hydrogen-bond acceptors (Lipinski definition) is 4. The van der Waals surface area contributed by atoms with Gasteiger partial charge in [-0.15, -0.1) is 0 Å². The minimum absolute atomic E-state index is 0.159. The van der Waals surface area contributed by atoms with Crippen molar-refractivity contribution in [3.63, 3.8) is 0 Å². The highest BCUT2D eigenvalue weighted by Crippen LogP contribution is 2.26. The van der Waals surface area contributed by atoms with Gasteiger partial charge in [-0.1, -0.05) is 42.5 Å². The first-order valence-electron chi connectivity index (χ1n) is 8.95. The van der Waals surface area contributed by atoms with E-state index in [-0.39, 0.29) is 30.4 Å². The highest BCUT2D eigenvalue weighted by molar-refractivity contribution is 5.95. The highest BCUT2D eigenvalue weighted by atomic mass is 19.1. The van der Waals surface area contributed by atoms with Gasteiger partial charge in [-0.05, 0) is 29.3 Å². The van der Waals surface area contributed by atoms with Crippen molar-refractivity contribution < 1.29 is 23.1 Å². The molecule has 2 heterocycles. The number of furan rings is 1. The Labute approximate surface area is 161 Å². The van der Waals surface area contributed by atoms with Crippen LogP contribution in [0.1, 0.15) is 27.2 Å². The van der Waals surface area contributed by atoms with Gasteiger partial charge in [-0.3, -0.25) is 4.79 Å². The molecule has 1 amide bonds. The van der Waals surface area contributed by atoms with Gasteiger partial charge in [0.25, 0.3) is 5.91 Å². The van der Waals surface area contributed by atoms with Crippen LogP contribution in [0.4, 0.5) is 4.39 Å². The van der Waals surface area contributed by atoms with E-state index in [1.54, 1.807) is 30.3 Å². The monoisotopic (exact) mass is 379 g/mol. The molecule has 28 heavy (non-hydrogen) atoms. The molecule has 1 aromatic heterocycles. The summed E-state index contributed by atoms with van der Waals surface area (Å²) in [5.74, 6) is -1.23. The van der Waals surface area contributed by atoms with Crippen LogP contribution in [-0.4, -0.2) is 22.8 Å². The van der Waals surface area contributed by atoms with Crippen LogP contribution in [0.3, 0.4) is 0 Å². The SMILES string of the molecule is O=C(OCc1ccccc1F)[C@@H]1Cc2ccccc2CN1C(=O)c1ccco1. The number of halogens is 1. The number of nitrogens with zero attached hydrogens (tertiary/aromatic N) is 1. The third kappa shape index (κ3) is 3.53. The van der Waals surface area contributed by atoms with Crippen molar-refractivity contribution in [2.75, 3.05) is 0 Å². The summed E-state index contributed by atoms with van der Waals surface area (Å²) < 4.78 is 24.4. The number of fused-ring (bicyclic) bond motifs is 1. The Hall–Kier alpha value is -3.41. The summed E-state index contributed by atoms with van der Waals surface area (Å²) in [4.78, 5) is 27.1. The van der Waals surface area contributed by atoms with E-state index in [1.165, 1.54) is 17.2 Å². The summed E-state index contributed by atoms with van der Waals surface area (Å²) in [6.07, 6.45) is 1.75. The van der Waals surface area contributed by atoms with E-state index in [1.807, 2.05) is 24.3 Å². The molecular formula is C22H18FNO4. The summed E-state index contributed by atoms with van der Waals surface area (Å²) in [6.45, 7) is 0.0849. The number of rotatable bonds is 4. The third-order valence-corrected chi connectivity index (χ3v) is 4.84. The Bertz CT molecular complexity index is 999. The van der Waals surface area contributed by atoms with Crippen LogP contribution >= 0.6 is 0 Å². The Morgan fingerprint density at radius 3 is 2.54 bits per heavy atom. The van der Waals surface area contributed by atoms with Gasteiger partial charge in [0.2, 0.25) is 0 Å². The van der Waals surface area contributed by atoms with Gasteiger partial charge in [-0.2, -0.15) is 0 Å². The molecule has 1 aliphatic heterocycles. The van der Waals surface area contributed by atoms with Crippen molar-refractivity contribution in [2.45, 2.75) is 25.6 Å². The molecule has 1 atom stereocenters. The molecular weight excluding hydrogens is 361 g/mol. The van der Waals surface area contributed by atoms with Crippen molar-refractivity contribution in [1.29, 1.82) is 0 Å². The van der Waals surface area contributed by atoms with Crippen molar-refractivity contribution in [3.05, 3.63) is 95.2 Å². The minimum atomic E-state index is -0.806. The van der Waals surface area contributed by atoms with Crippen molar-refractivity contribution in [2.24, 2.45) is 0 Å². The summed E-state index contributed by atoms with van der Waals surface area (Å²) in [5.41, 5.74) is 2.25. The van der Waals surface area contributed by atoms with Crippen LogP contribution in [-0.2, 0) is 29.1 Å². The molecule has 2 aromatic carbocycles. The fourth-order valence-electron chi connectivity index (χ4n) is 3.35. The Kier molecular flexibility index (Phi) is 4.93. The van der Waals surface area contributed by atoms with Crippen molar-refractivity contribution in [1.82, 2.24) is 4.90 Å². The van der Waals surface area contributed by atoms with E-state index in [0.717, 1.165) is 11.1 Å². The van der Waals surface area contributed by atoms with Crippen LogP contribution in [0, 0.1) is 5.82 Å². The standard InChI is InChI=1S/C22H18FNO4/c23-18-9-4-3-8-17(18)14-28-22(26)19-12-15-6-1-2-7-16(15)13-24(19)21(25)20-10-5-11-27-20/h1-11,19H,12-14H2/t19-/m0/s1. The zero-order valence-corrected chi connectivity index (χ0v) is 15.0. The van der Waals surface area contributed by atoms with Gasteiger partial charge < -0.3 is 14.1 Å². The molecule has 0 saturated heterocycles. The van der Waals surface area contributed by atoms with E-state index in [9.17, 15) is 14.0 Å². The smallest absolute Gasteiger partial charge is 0.329 e. The maximum Gasteiger partial charge on any atom is 0.329 e. The fourth-order valence-corrected chi connectivity index (χ4v) is 3.35. The van der Waals surface area contributed by atoms with Gasteiger partial charge in [0, 0.05) is 18.5 Å². The lowest BCUT2D eigenvalue weighted by Crippen LogP contribution is -2.49. The van der Waals surface area contributed by atoms with Gasteiger partial charge in [0.15, 0.2) is 5.76 Å². The summed E-state index contributed by atoms with van der Waals surface area (Å²) >= 11 is 0. The molecule has 5 nitrogen and oxygen atoms in total. The van der Waals surface area contributed by atoms with Crippen LogP contribution in [0.2, 0.25) is 0 Å².